The van der Waals surface area contributed by atoms with E-state index < -0.39 is 12.1 Å². The molecule has 4 rings (SSSR count). The Morgan fingerprint density at radius 1 is 1.11 bits per heavy atom. The number of carbonyl (C=O) groups is 3. The van der Waals surface area contributed by atoms with Crippen LogP contribution in [0.25, 0.3) is 0 Å². The van der Waals surface area contributed by atoms with Gasteiger partial charge in [0.05, 0.1) is 0 Å². The maximum atomic E-state index is 12.9. The lowest BCUT2D eigenvalue weighted by molar-refractivity contribution is -0.137. The highest BCUT2D eigenvalue weighted by Crippen LogP contribution is 2.41. The van der Waals surface area contributed by atoms with E-state index in [0.717, 1.165) is 31.4 Å². The van der Waals surface area contributed by atoms with Crippen molar-refractivity contribution in [2.24, 2.45) is 11.1 Å². The Morgan fingerprint density at radius 2 is 1.82 bits per heavy atom. The number of hydrogen-bond donors (Lipinski definition) is 1. The molecule has 0 bridgehead atoms. The summed E-state index contributed by atoms with van der Waals surface area (Å²) in [5, 5.41) is 0. The number of benzene rings is 1. The van der Waals surface area contributed by atoms with Gasteiger partial charge in [0, 0.05) is 44.6 Å². The molecule has 3 heterocycles. The van der Waals surface area contributed by atoms with Gasteiger partial charge in [-0.05, 0) is 31.2 Å². The average molecular weight is 384 g/mol. The lowest BCUT2D eigenvalue weighted by Gasteiger charge is -2.40. The van der Waals surface area contributed by atoms with Gasteiger partial charge in [0.15, 0.2) is 0 Å². The predicted molar refractivity (Wildman–Crippen MR) is 104 cm³/mol. The number of nitrogens with two attached hydrogens (primary N) is 1. The molecule has 3 aliphatic rings. The summed E-state index contributed by atoms with van der Waals surface area (Å²) in [6, 6.07) is 9.14. The van der Waals surface area contributed by atoms with Gasteiger partial charge in [-0.15, -0.1) is 0 Å². The van der Waals surface area contributed by atoms with Crippen LogP contribution in [0.3, 0.4) is 0 Å². The van der Waals surface area contributed by atoms with Crippen molar-refractivity contribution in [1.82, 2.24) is 14.7 Å². The van der Waals surface area contributed by atoms with Gasteiger partial charge in [-0.1, -0.05) is 30.3 Å². The predicted octanol–water partition coefficient (Wildman–Crippen LogP) is 1.57. The molecular formula is C21H28N4O3. The minimum absolute atomic E-state index is 0.0108. The number of primary amides is 1. The lowest BCUT2D eigenvalue weighted by Crippen LogP contribution is -2.52. The number of rotatable bonds is 3. The topological polar surface area (TPSA) is 87.0 Å². The summed E-state index contributed by atoms with van der Waals surface area (Å²) < 4.78 is 0. The Bertz CT molecular complexity index is 758. The summed E-state index contributed by atoms with van der Waals surface area (Å²) in [7, 11) is 0. The van der Waals surface area contributed by atoms with Crippen LogP contribution in [0.5, 0.6) is 0 Å². The highest BCUT2D eigenvalue weighted by atomic mass is 16.2. The average Bonchev–Trinajstić information content (AvgIpc) is 3.28. The molecule has 7 nitrogen and oxygen atoms in total. The standard InChI is InChI=1S/C21H28N4O3/c22-20(28)25-10-4-7-17(25)19(27)23-11-8-21(9-12-23)13-18(26)24(15-21)14-16-5-2-1-3-6-16/h1-3,5-6,17H,4,7-15H2,(H2,22,28)/t17-/m1/s1. The van der Waals surface area contributed by atoms with E-state index in [4.69, 9.17) is 5.73 Å². The molecule has 1 atom stereocenters. The highest BCUT2D eigenvalue weighted by molar-refractivity contribution is 5.87. The van der Waals surface area contributed by atoms with Gasteiger partial charge in [0.2, 0.25) is 11.8 Å². The second-order valence-corrected chi connectivity index (χ2v) is 8.43. The zero-order chi connectivity index (χ0) is 19.7. The van der Waals surface area contributed by atoms with E-state index in [1.54, 1.807) is 0 Å². The summed E-state index contributed by atoms with van der Waals surface area (Å²) in [4.78, 5) is 42.3. The number of piperidine rings is 1. The van der Waals surface area contributed by atoms with Crippen molar-refractivity contribution in [2.45, 2.75) is 44.7 Å². The first-order chi connectivity index (χ1) is 13.5. The Hall–Kier alpha value is -2.57. The van der Waals surface area contributed by atoms with Gasteiger partial charge in [-0.2, -0.15) is 0 Å². The quantitative estimate of drug-likeness (QED) is 0.858. The molecule has 1 spiro atoms. The zero-order valence-corrected chi connectivity index (χ0v) is 16.2. The van der Waals surface area contributed by atoms with E-state index in [2.05, 4.69) is 0 Å². The van der Waals surface area contributed by atoms with E-state index in [0.29, 0.717) is 39.0 Å². The summed E-state index contributed by atoms with van der Waals surface area (Å²) in [5.41, 5.74) is 6.54. The van der Waals surface area contributed by atoms with Crippen molar-refractivity contribution in [3.05, 3.63) is 35.9 Å². The van der Waals surface area contributed by atoms with Gasteiger partial charge >= 0.3 is 6.03 Å². The van der Waals surface area contributed by atoms with E-state index in [1.807, 2.05) is 40.1 Å². The highest BCUT2D eigenvalue weighted by Gasteiger charge is 2.46. The minimum Gasteiger partial charge on any atom is -0.351 e. The maximum Gasteiger partial charge on any atom is 0.315 e. The van der Waals surface area contributed by atoms with Crippen LogP contribution in [0.2, 0.25) is 0 Å². The van der Waals surface area contributed by atoms with Crippen LogP contribution in [0.15, 0.2) is 30.3 Å². The van der Waals surface area contributed by atoms with Gasteiger partial charge in [0.1, 0.15) is 6.04 Å². The fourth-order valence-electron chi connectivity index (χ4n) is 4.96. The third-order valence-corrected chi connectivity index (χ3v) is 6.58. The fourth-order valence-corrected chi connectivity index (χ4v) is 4.96. The van der Waals surface area contributed by atoms with Crippen molar-refractivity contribution < 1.29 is 14.4 Å². The Labute approximate surface area is 165 Å². The van der Waals surface area contributed by atoms with E-state index in [-0.39, 0.29) is 17.2 Å². The van der Waals surface area contributed by atoms with Crippen LogP contribution < -0.4 is 5.73 Å². The Morgan fingerprint density at radius 3 is 2.50 bits per heavy atom. The molecule has 0 aliphatic carbocycles. The number of hydrogen-bond acceptors (Lipinski definition) is 3. The molecule has 150 valence electrons. The largest absolute Gasteiger partial charge is 0.351 e. The first-order valence-electron chi connectivity index (χ1n) is 10.1. The zero-order valence-electron chi connectivity index (χ0n) is 16.2. The number of amides is 4. The smallest absolute Gasteiger partial charge is 0.315 e. The third-order valence-electron chi connectivity index (χ3n) is 6.58. The van der Waals surface area contributed by atoms with Gasteiger partial charge < -0.3 is 20.4 Å². The van der Waals surface area contributed by atoms with E-state index >= 15 is 0 Å². The van der Waals surface area contributed by atoms with E-state index in [1.165, 1.54) is 4.90 Å². The number of likely N-dealkylation sites (tertiary alicyclic amines) is 3. The summed E-state index contributed by atoms with van der Waals surface area (Å²) in [5.74, 6) is 0.218. The van der Waals surface area contributed by atoms with Crippen LogP contribution >= 0.6 is 0 Å². The molecule has 28 heavy (non-hydrogen) atoms. The summed E-state index contributed by atoms with van der Waals surface area (Å²) in [6.07, 6.45) is 3.74. The summed E-state index contributed by atoms with van der Waals surface area (Å²) in [6.45, 7) is 3.27. The molecule has 4 amide bonds. The van der Waals surface area contributed by atoms with Gasteiger partial charge in [0.25, 0.3) is 0 Å². The fraction of sp³-hybridized carbons (Fsp3) is 0.571. The molecule has 3 fully saturated rings. The van der Waals surface area contributed by atoms with Crippen LogP contribution in [-0.4, -0.2) is 64.8 Å². The molecule has 3 aliphatic heterocycles. The monoisotopic (exact) mass is 384 g/mol. The van der Waals surface area contributed by atoms with Crippen molar-refractivity contribution >= 4 is 17.8 Å². The second kappa shape index (κ2) is 7.45. The van der Waals surface area contributed by atoms with Crippen LogP contribution in [0.4, 0.5) is 4.79 Å². The third kappa shape index (κ3) is 3.57. The summed E-state index contributed by atoms with van der Waals surface area (Å²) >= 11 is 0. The molecule has 0 radical (unpaired) electrons. The van der Waals surface area contributed by atoms with Crippen molar-refractivity contribution in [2.75, 3.05) is 26.2 Å². The Balaban J connectivity index is 1.35. The van der Waals surface area contributed by atoms with Crippen LogP contribution in [0.1, 0.15) is 37.7 Å². The molecule has 0 aromatic heterocycles. The van der Waals surface area contributed by atoms with E-state index in [9.17, 15) is 14.4 Å². The molecule has 1 aromatic carbocycles. The lowest BCUT2D eigenvalue weighted by atomic mass is 9.77. The molecule has 0 unspecified atom stereocenters. The van der Waals surface area contributed by atoms with Crippen LogP contribution in [0, 0.1) is 5.41 Å². The molecule has 3 saturated heterocycles. The number of urea groups is 1. The van der Waals surface area contributed by atoms with Crippen molar-refractivity contribution in [3.8, 4) is 0 Å². The minimum atomic E-state index is -0.512. The number of carbonyl (C=O) groups excluding carboxylic acids is 3. The SMILES string of the molecule is NC(=O)N1CCC[C@@H]1C(=O)N1CCC2(CC1)CC(=O)N(Cc1ccccc1)C2. The first-order valence-corrected chi connectivity index (χ1v) is 10.1. The Kier molecular flexibility index (Phi) is 5.00. The molecule has 2 N–H and O–H groups in total. The second-order valence-electron chi connectivity index (χ2n) is 8.43. The van der Waals surface area contributed by atoms with Crippen LogP contribution in [-0.2, 0) is 16.1 Å². The maximum absolute atomic E-state index is 12.9. The van der Waals surface area contributed by atoms with Crippen molar-refractivity contribution in [1.29, 1.82) is 0 Å². The molecule has 0 saturated carbocycles. The molecule has 7 heteroatoms. The van der Waals surface area contributed by atoms with Crippen molar-refractivity contribution in [3.63, 3.8) is 0 Å². The van der Waals surface area contributed by atoms with Gasteiger partial charge in [-0.3, -0.25) is 9.59 Å². The number of nitrogens with zero attached hydrogens (tertiary/aromatic N) is 3. The normalized spacial score (nSPS) is 24.2. The molecular weight excluding hydrogens is 356 g/mol. The molecule has 1 aromatic rings. The van der Waals surface area contributed by atoms with Gasteiger partial charge in [-0.25, -0.2) is 4.79 Å². The first kappa shape index (κ1) is 18.8.